The molecular formula is C13H15N3. The molecule has 16 heavy (non-hydrogen) atoms. The highest BCUT2D eigenvalue weighted by Crippen LogP contribution is 2.22. The average Bonchev–Trinajstić information content (AvgIpc) is 2.29. The Hall–Kier alpha value is -1.90. The Labute approximate surface area is 95.4 Å². The number of nitrogens with zero attached hydrogens (tertiary/aromatic N) is 2. The number of hydrogen-bond donors (Lipinski definition) is 1. The van der Waals surface area contributed by atoms with Gasteiger partial charge in [0.15, 0.2) is 0 Å². The molecule has 0 amide bonds. The van der Waals surface area contributed by atoms with Crippen LogP contribution in [0.15, 0.2) is 36.5 Å². The van der Waals surface area contributed by atoms with E-state index in [9.17, 15) is 0 Å². The molecule has 0 atom stereocenters. The van der Waals surface area contributed by atoms with Crippen molar-refractivity contribution in [1.82, 2.24) is 9.97 Å². The van der Waals surface area contributed by atoms with Crippen molar-refractivity contribution < 1.29 is 0 Å². The fourth-order valence-electron chi connectivity index (χ4n) is 1.59. The lowest BCUT2D eigenvalue weighted by Crippen LogP contribution is -1.95. The lowest BCUT2D eigenvalue weighted by Gasteiger charge is -2.07. The van der Waals surface area contributed by atoms with E-state index in [4.69, 9.17) is 5.73 Å². The van der Waals surface area contributed by atoms with E-state index in [1.54, 1.807) is 6.20 Å². The van der Waals surface area contributed by atoms with Crippen molar-refractivity contribution in [1.29, 1.82) is 0 Å². The van der Waals surface area contributed by atoms with E-state index in [1.807, 2.05) is 18.2 Å². The molecule has 2 N–H and O–H groups in total. The van der Waals surface area contributed by atoms with E-state index in [0.29, 0.717) is 11.9 Å². The van der Waals surface area contributed by atoms with Gasteiger partial charge in [-0.3, -0.25) is 0 Å². The van der Waals surface area contributed by atoms with Crippen LogP contribution in [0.4, 0.5) is 5.95 Å². The molecule has 0 radical (unpaired) electrons. The van der Waals surface area contributed by atoms with Crippen LogP contribution >= 0.6 is 0 Å². The highest BCUT2D eigenvalue weighted by Gasteiger charge is 2.03. The van der Waals surface area contributed by atoms with E-state index in [1.165, 1.54) is 5.56 Å². The standard InChI is InChI=1S/C13H15N3/c1-9(2)10-4-3-5-11(8-10)12-6-7-15-13(14)16-12/h3-9H,1-2H3,(H2,14,15,16). The zero-order chi connectivity index (χ0) is 11.5. The number of hydrogen-bond acceptors (Lipinski definition) is 3. The average molecular weight is 213 g/mol. The minimum Gasteiger partial charge on any atom is -0.368 e. The monoisotopic (exact) mass is 213 g/mol. The van der Waals surface area contributed by atoms with Gasteiger partial charge in [0, 0.05) is 11.8 Å². The van der Waals surface area contributed by atoms with Crippen molar-refractivity contribution in [2.24, 2.45) is 0 Å². The normalized spacial score (nSPS) is 10.7. The number of rotatable bonds is 2. The molecule has 1 heterocycles. The van der Waals surface area contributed by atoms with Crippen molar-refractivity contribution in [3.63, 3.8) is 0 Å². The second kappa shape index (κ2) is 4.31. The summed E-state index contributed by atoms with van der Waals surface area (Å²) in [6, 6.07) is 10.2. The minimum absolute atomic E-state index is 0.312. The van der Waals surface area contributed by atoms with E-state index >= 15 is 0 Å². The smallest absolute Gasteiger partial charge is 0.220 e. The van der Waals surface area contributed by atoms with Crippen molar-refractivity contribution in [2.75, 3.05) is 5.73 Å². The summed E-state index contributed by atoms with van der Waals surface area (Å²) in [5, 5.41) is 0. The molecular weight excluding hydrogens is 198 g/mol. The first-order chi connectivity index (χ1) is 7.66. The van der Waals surface area contributed by atoms with Crippen LogP contribution in [0.3, 0.4) is 0 Å². The zero-order valence-electron chi connectivity index (χ0n) is 9.51. The molecule has 0 aliphatic rings. The van der Waals surface area contributed by atoms with Crippen LogP contribution in [0.25, 0.3) is 11.3 Å². The number of nitrogens with two attached hydrogens (primary N) is 1. The van der Waals surface area contributed by atoms with Crippen molar-refractivity contribution in [2.45, 2.75) is 19.8 Å². The van der Waals surface area contributed by atoms with Crippen LogP contribution in [0.5, 0.6) is 0 Å². The maximum atomic E-state index is 5.57. The van der Waals surface area contributed by atoms with Crippen LogP contribution in [0, 0.1) is 0 Å². The Morgan fingerprint density at radius 3 is 2.69 bits per heavy atom. The van der Waals surface area contributed by atoms with Crippen LogP contribution in [0.1, 0.15) is 25.3 Å². The number of nitrogen functional groups attached to an aromatic ring is 1. The third-order valence-electron chi connectivity index (χ3n) is 2.52. The molecule has 2 rings (SSSR count). The maximum Gasteiger partial charge on any atom is 0.220 e. The molecule has 1 aromatic carbocycles. The Kier molecular flexibility index (Phi) is 2.86. The molecule has 1 aromatic heterocycles. The number of aromatic nitrogens is 2. The molecule has 0 bridgehead atoms. The van der Waals surface area contributed by atoms with E-state index in [2.05, 4.69) is 35.9 Å². The highest BCUT2D eigenvalue weighted by atomic mass is 15.0. The third kappa shape index (κ3) is 2.19. The van der Waals surface area contributed by atoms with Crippen LogP contribution in [-0.4, -0.2) is 9.97 Å². The summed E-state index contributed by atoms with van der Waals surface area (Å²) in [5.41, 5.74) is 8.83. The van der Waals surface area contributed by atoms with E-state index in [-0.39, 0.29) is 0 Å². The summed E-state index contributed by atoms with van der Waals surface area (Å²) in [7, 11) is 0. The summed E-state index contributed by atoms with van der Waals surface area (Å²) < 4.78 is 0. The Morgan fingerprint density at radius 1 is 1.19 bits per heavy atom. The SMILES string of the molecule is CC(C)c1cccc(-c2ccnc(N)n2)c1. The van der Waals surface area contributed by atoms with Crippen LogP contribution < -0.4 is 5.73 Å². The molecule has 82 valence electrons. The molecule has 0 fully saturated rings. The first kappa shape index (κ1) is 10.6. The molecule has 0 spiro atoms. The molecule has 3 nitrogen and oxygen atoms in total. The Balaban J connectivity index is 2.44. The molecule has 0 saturated carbocycles. The van der Waals surface area contributed by atoms with E-state index in [0.717, 1.165) is 11.3 Å². The molecule has 0 aliphatic carbocycles. The van der Waals surface area contributed by atoms with Crippen molar-refractivity contribution in [3.8, 4) is 11.3 Å². The predicted molar refractivity (Wildman–Crippen MR) is 66.0 cm³/mol. The van der Waals surface area contributed by atoms with Gasteiger partial charge in [-0.15, -0.1) is 0 Å². The lowest BCUT2D eigenvalue weighted by atomic mass is 10.00. The topological polar surface area (TPSA) is 51.8 Å². The third-order valence-corrected chi connectivity index (χ3v) is 2.52. The molecule has 0 unspecified atom stereocenters. The number of benzene rings is 1. The van der Waals surface area contributed by atoms with Gasteiger partial charge in [-0.2, -0.15) is 0 Å². The lowest BCUT2D eigenvalue weighted by molar-refractivity contribution is 0.867. The maximum absolute atomic E-state index is 5.57. The Bertz CT molecular complexity index is 492. The van der Waals surface area contributed by atoms with Crippen molar-refractivity contribution in [3.05, 3.63) is 42.1 Å². The second-order valence-electron chi connectivity index (χ2n) is 4.08. The minimum atomic E-state index is 0.312. The quantitative estimate of drug-likeness (QED) is 0.834. The predicted octanol–water partition coefficient (Wildman–Crippen LogP) is 2.85. The van der Waals surface area contributed by atoms with Crippen LogP contribution in [-0.2, 0) is 0 Å². The largest absolute Gasteiger partial charge is 0.368 e. The van der Waals surface area contributed by atoms with Gasteiger partial charge in [-0.25, -0.2) is 9.97 Å². The van der Waals surface area contributed by atoms with E-state index < -0.39 is 0 Å². The van der Waals surface area contributed by atoms with Crippen LogP contribution in [0.2, 0.25) is 0 Å². The van der Waals surface area contributed by atoms with Gasteiger partial charge in [0.05, 0.1) is 5.69 Å². The van der Waals surface area contributed by atoms with Gasteiger partial charge < -0.3 is 5.73 Å². The van der Waals surface area contributed by atoms with Crippen molar-refractivity contribution >= 4 is 5.95 Å². The first-order valence-electron chi connectivity index (χ1n) is 5.35. The fourth-order valence-corrected chi connectivity index (χ4v) is 1.59. The molecule has 3 heteroatoms. The number of anilines is 1. The van der Waals surface area contributed by atoms with Gasteiger partial charge in [0.25, 0.3) is 0 Å². The Morgan fingerprint density at radius 2 is 2.00 bits per heavy atom. The molecule has 0 saturated heterocycles. The summed E-state index contributed by atoms with van der Waals surface area (Å²) in [4.78, 5) is 8.10. The van der Waals surface area contributed by atoms with Gasteiger partial charge in [0.2, 0.25) is 5.95 Å². The fraction of sp³-hybridized carbons (Fsp3) is 0.231. The summed E-state index contributed by atoms with van der Waals surface area (Å²) in [5.74, 6) is 0.826. The van der Waals surface area contributed by atoms with Gasteiger partial charge in [0.1, 0.15) is 0 Å². The highest BCUT2D eigenvalue weighted by molar-refractivity contribution is 5.60. The zero-order valence-corrected chi connectivity index (χ0v) is 9.51. The van der Waals surface area contributed by atoms with Gasteiger partial charge in [-0.05, 0) is 23.6 Å². The second-order valence-corrected chi connectivity index (χ2v) is 4.08. The summed E-state index contributed by atoms with van der Waals surface area (Å²) in [6.45, 7) is 4.35. The first-order valence-corrected chi connectivity index (χ1v) is 5.35. The van der Waals surface area contributed by atoms with Gasteiger partial charge in [-0.1, -0.05) is 32.0 Å². The summed E-state index contributed by atoms with van der Waals surface area (Å²) in [6.07, 6.45) is 1.68. The molecule has 0 aliphatic heterocycles. The van der Waals surface area contributed by atoms with Gasteiger partial charge >= 0.3 is 0 Å². The summed E-state index contributed by atoms with van der Waals surface area (Å²) >= 11 is 0. The molecule has 2 aromatic rings.